The van der Waals surface area contributed by atoms with Crippen molar-refractivity contribution in [1.82, 2.24) is 4.90 Å². The molecular weight excluding hydrogens is 196 g/mol. The van der Waals surface area contributed by atoms with Crippen molar-refractivity contribution in [3.8, 4) is 0 Å². The fourth-order valence-electron chi connectivity index (χ4n) is 3.63. The molecule has 1 saturated carbocycles. The molecular formula is C14H28N2. The van der Waals surface area contributed by atoms with Gasteiger partial charge in [-0.3, -0.25) is 4.90 Å². The van der Waals surface area contributed by atoms with Crippen LogP contribution in [0.5, 0.6) is 0 Å². The molecule has 3 atom stereocenters. The number of nitrogens with two attached hydrogens (primary N) is 1. The molecule has 1 heterocycles. The van der Waals surface area contributed by atoms with E-state index in [1.54, 1.807) is 0 Å². The second-order valence-corrected chi connectivity index (χ2v) is 5.66. The predicted octanol–water partition coefficient (Wildman–Crippen LogP) is 2.91. The maximum absolute atomic E-state index is 6.34. The van der Waals surface area contributed by atoms with Crippen molar-refractivity contribution in [1.29, 1.82) is 0 Å². The first kappa shape index (κ1) is 12.4. The first-order chi connectivity index (χ1) is 7.83. The smallest absolute Gasteiger partial charge is 0.0250 e. The highest BCUT2D eigenvalue weighted by Crippen LogP contribution is 2.28. The van der Waals surface area contributed by atoms with Crippen LogP contribution in [0, 0.1) is 0 Å². The first-order valence-electron chi connectivity index (χ1n) is 7.34. The zero-order valence-corrected chi connectivity index (χ0v) is 10.8. The van der Waals surface area contributed by atoms with Gasteiger partial charge in [-0.05, 0) is 38.6 Å². The van der Waals surface area contributed by atoms with E-state index in [4.69, 9.17) is 5.73 Å². The molecule has 16 heavy (non-hydrogen) atoms. The lowest BCUT2D eigenvalue weighted by atomic mass is 9.88. The average Bonchev–Trinajstić information content (AvgIpc) is 2.54. The van der Waals surface area contributed by atoms with Crippen LogP contribution in [-0.4, -0.2) is 29.6 Å². The second kappa shape index (κ2) is 6.02. The molecule has 0 spiro atoms. The molecule has 0 aromatic heterocycles. The molecule has 1 aliphatic heterocycles. The van der Waals surface area contributed by atoms with Crippen LogP contribution in [-0.2, 0) is 0 Å². The summed E-state index contributed by atoms with van der Waals surface area (Å²) >= 11 is 0. The van der Waals surface area contributed by atoms with Crippen molar-refractivity contribution in [2.75, 3.05) is 6.54 Å². The highest BCUT2D eigenvalue weighted by Gasteiger charge is 2.31. The van der Waals surface area contributed by atoms with Crippen LogP contribution < -0.4 is 5.73 Å². The van der Waals surface area contributed by atoms with E-state index < -0.39 is 0 Å². The van der Waals surface area contributed by atoms with Gasteiger partial charge in [0.15, 0.2) is 0 Å². The van der Waals surface area contributed by atoms with Crippen LogP contribution in [0.2, 0.25) is 0 Å². The standard InChI is InChI=1S/C14H28N2/c1-2-12-8-4-3-7-11-16(12)14-10-6-5-9-13(14)15/h12-14H,2-11,15H2,1H3. The molecule has 2 rings (SSSR count). The van der Waals surface area contributed by atoms with Crippen LogP contribution >= 0.6 is 0 Å². The van der Waals surface area contributed by atoms with E-state index in [1.165, 1.54) is 64.3 Å². The largest absolute Gasteiger partial charge is 0.326 e. The van der Waals surface area contributed by atoms with E-state index in [0.717, 1.165) is 6.04 Å². The van der Waals surface area contributed by atoms with Crippen molar-refractivity contribution in [2.24, 2.45) is 5.73 Å². The Morgan fingerprint density at radius 1 is 1.00 bits per heavy atom. The first-order valence-corrected chi connectivity index (χ1v) is 7.34. The van der Waals surface area contributed by atoms with Gasteiger partial charge in [0.05, 0.1) is 0 Å². The molecule has 0 radical (unpaired) electrons. The molecule has 94 valence electrons. The van der Waals surface area contributed by atoms with Gasteiger partial charge in [0.2, 0.25) is 0 Å². The Morgan fingerprint density at radius 2 is 1.75 bits per heavy atom. The zero-order valence-electron chi connectivity index (χ0n) is 10.8. The van der Waals surface area contributed by atoms with Gasteiger partial charge in [0.1, 0.15) is 0 Å². The zero-order chi connectivity index (χ0) is 11.4. The molecule has 2 nitrogen and oxygen atoms in total. The molecule has 0 aromatic rings. The number of hydrogen-bond acceptors (Lipinski definition) is 2. The fourth-order valence-corrected chi connectivity index (χ4v) is 3.63. The van der Waals surface area contributed by atoms with E-state index in [2.05, 4.69) is 11.8 Å². The van der Waals surface area contributed by atoms with E-state index in [-0.39, 0.29) is 0 Å². The SMILES string of the molecule is CCC1CCCCCN1C1CCCCC1N. The number of rotatable bonds is 2. The van der Waals surface area contributed by atoms with Crippen LogP contribution in [0.15, 0.2) is 0 Å². The number of likely N-dealkylation sites (tertiary alicyclic amines) is 1. The topological polar surface area (TPSA) is 29.3 Å². The van der Waals surface area contributed by atoms with Crippen molar-refractivity contribution >= 4 is 0 Å². The molecule has 2 N–H and O–H groups in total. The van der Waals surface area contributed by atoms with E-state index in [9.17, 15) is 0 Å². The summed E-state index contributed by atoms with van der Waals surface area (Å²) < 4.78 is 0. The fraction of sp³-hybridized carbons (Fsp3) is 1.00. The summed E-state index contributed by atoms with van der Waals surface area (Å²) in [6.07, 6.45) is 12.3. The van der Waals surface area contributed by atoms with Gasteiger partial charge in [0.25, 0.3) is 0 Å². The van der Waals surface area contributed by atoms with Crippen molar-refractivity contribution in [3.05, 3.63) is 0 Å². The molecule has 1 aliphatic carbocycles. The molecule has 0 bridgehead atoms. The van der Waals surface area contributed by atoms with E-state index >= 15 is 0 Å². The van der Waals surface area contributed by atoms with Gasteiger partial charge in [-0.2, -0.15) is 0 Å². The molecule has 1 saturated heterocycles. The Hall–Kier alpha value is -0.0800. The quantitative estimate of drug-likeness (QED) is 0.781. The lowest BCUT2D eigenvalue weighted by molar-refractivity contribution is 0.0897. The highest BCUT2D eigenvalue weighted by molar-refractivity contribution is 4.89. The molecule has 0 aromatic carbocycles. The van der Waals surface area contributed by atoms with E-state index in [0.29, 0.717) is 12.1 Å². The third kappa shape index (κ3) is 2.78. The summed E-state index contributed by atoms with van der Waals surface area (Å²) in [5, 5.41) is 0. The molecule has 2 aliphatic rings. The lowest BCUT2D eigenvalue weighted by Gasteiger charge is -2.42. The van der Waals surface area contributed by atoms with Crippen LogP contribution in [0.1, 0.15) is 64.7 Å². The Bertz CT molecular complexity index is 205. The Morgan fingerprint density at radius 3 is 2.50 bits per heavy atom. The van der Waals surface area contributed by atoms with Crippen molar-refractivity contribution in [2.45, 2.75) is 82.8 Å². The van der Waals surface area contributed by atoms with Crippen molar-refractivity contribution < 1.29 is 0 Å². The highest BCUT2D eigenvalue weighted by atomic mass is 15.2. The minimum atomic E-state index is 0.445. The van der Waals surface area contributed by atoms with E-state index in [1.807, 2.05) is 0 Å². The monoisotopic (exact) mass is 224 g/mol. The third-order valence-electron chi connectivity index (χ3n) is 4.60. The van der Waals surface area contributed by atoms with Gasteiger partial charge in [-0.25, -0.2) is 0 Å². The Balaban J connectivity index is 2.02. The lowest BCUT2D eigenvalue weighted by Crippen LogP contribution is -2.53. The summed E-state index contributed by atoms with van der Waals surface area (Å²) in [5.74, 6) is 0. The number of hydrogen-bond donors (Lipinski definition) is 1. The normalized spacial score (nSPS) is 38.2. The average molecular weight is 224 g/mol. The van der Waals surface area contributed by atoms with Crippen LogP contribution in [0.3, 0.4) is 0 Å². The van der Waals surface area contributed by atoms with Gasteiger partial charge in [-0.15, -0.1) is 0 Å². The number of nitrogens with zero attached hydrogens (tertiary/aromatic N) is 1. The van der Waals surface area contributed by atoms with Gasteiger partial charge < -0.3 is 5.73 Å². The summed E-state index contributed by atoms with van der Waals surface area (Å²) in [7, 11) is 0. The van der Waals surface area contributed by atoms with Crippen LogP contribution in [0.4, 0.5) is 0 Å². The van der Waals surface area contributed by atoms with Crippen LogP contribution in [0.25, 0.3) is 0 Å². The maximum atomic E-state index is 6.34. The molecule has 2 fully saturated rings. The summed E-state index contributed by atoms with van der Waals surface area (Å²) in [4.78, 5) is 2.77. The summed E-state index contributed by atoms with van der Waals surface area (Å²) in [6.45, 7) is 3.65. The predicted molar refractivity (Wildman–Crippen MR) is 69.5 cm³/mol. The van der Waals surface area contributed by atoms with Gasteiger partial charge >= 0.3 is 0 Å². The molecule has 2 heteroatoms. The van der Waals surface area contributed by atoms with Gasteiger partial charge in [0, 0.05) is 18.1 Å². The summed E-state index contributed by atoms with van der Waals surface area (Å²) in [5.41, 5.74) is 6.34. The Kier molecular flexibility index (Phi) is 4.66. The minimum Gasteiger partial charge on any atom is -0.326 e. The Labute approximate surface area is 101 Å². The molecule has 0 amide bonds. The second-order valence-electron chi connectivity index (χ2n) is 5.66. The van der Waals surface area contributed by atoms with Crippen molar-refractivity contribution in [3.63, 3.8) is 0 Å². The maximum Gasteiger partial charge on any atom is 0.0250 e. The third-order valence-corrected chi connectivity index (χ3v) is 4.60. The molecule has 3 unspecified atom stereocenters. The van der Waals surface area contributed by atoms with Gasteiger partial charge in [-0.1, -0.05) is 32.6 Å². The summed E-state index contributed by atoms with van der Waals surface area (Å²) in [6, 6.07) is 1.95. The minimum absolute atomic E-state index is 0.445.